The number of anilines is 1. The second-order valence-electron chi connectivity index (χ2n) is 9.66. The highest BCUT2D eigenvalue weighted by atomic mass is 32.2. The van der Waals surface area contributed by atoms with Gasteiger partial charge in [0.1, 0.15) is 34.3 Å². The summed E-state index contributed by atoms with van der Waals surface area (Å²) in [6.45, 7) is 12.2. The van der Waals surface area contributed by atoms with Crippen molar-refractivity contribution in [2.24, 2.45) is 4.99 Å². The summed E-state index contributed by atoms with van der Waals surface area (Å²) in [5, 5.41) is 11.0. The van der Waals surface area contributed by atoms with Gasteiger partial charge in [-0.15, -0.1) is 23.1 Å². The number of hydrogen-bond donors (Lipinski definition) is 1. The molecular formula is C31H31N3O5S2. The molecule has 0 radical (unpaired) electrons. The Morgan fingerprint density at radius 1 is 1.24 bits per heavy atom. The Hall–Kier alpha value is -4.02. The van der Waals surface area contributed by atoms with Gasteiger partial charge in [0, 0.05) is 24.6 Å². The van der Waals surface area contributed by atoms with Crippen molar-refractivity contribution in [1.29, 1.82) is 0 Å². The van der Waals surface area contributed by atoms with Crippen molar-refractivity contribution in [2.45, 2.75) is 38.6 Å². The number of nitrogens with zero attached hydrogens (tertiary/aromatic N) is 3. The van der Waals surface area contributed by atoms with Crippen LogP contribution in [0.2, 0.25) is 0 Å². The summed E-state index contributed by atoms with van der Waals surface area (Å²) >= 11 is 2.77. The molecule has 2 bridgehead atoms. The van der Waals surface area contributed by atoms with Gasteiger partial charge in [-0.25, -0.2) is 9.78 Å². The van der Waals surface area contributed by atoms with Crippen molar-refractivity contribution in [3.05, 3.63) is 98.9 Å². The van der Waals surface area contributed by atoms with Crippen molar-refractivity contribution in [1.82, 2.24) is 4.98 Å². The molecule has 5 rings (SSSR count). The van der Waals surface area contributed by atoms with Crippen LogP contribution in [-0.4, -0.2) is 46.0 Å². The van der Waals surface area contributed by atoms with Gasteiger partial charge < -0.3 is 24.2 Å². The Labute approximate surface area is 247 Å². The lowest BCUT2D eigenvalue weighted by molar-refractivity contribution is -0.137. The molecule has 1 N–H and O–H groups in total. The number of fused-ring (bicyclic) bond motifs is 2. The second kappa shape index (κ2) is 12.2. The van der Waals surface area contributed by atoms with Crippen LogP contribution in [-0.2, 0) is 20.9 Å². The fraction of sp³-hybridized carbons (Fsp3) is 0.258. The first-order valence-corrected chi connectivity index (χ1v) is 14.9. The summed E-state index contributed by atoms with van der Waals surface area (Å²) in [6, 6.07) is 15.7. The zero-order valence-corrected chi connectivity index (χ0v) is 24.7. The highest BCUT2D eigenvalue weighted by molar-refractivity contribution is 8.15. The number of rotatable bonds is 10. The fourth-order valence-electron chi connectivity index (χ4n) is 4.43. The first kappa shape index (κ1) is 28.5. The number of aromatic nitrogens is 1. The standard InChI is InChI=1S/C31H31N3O5S2/c1-6-24(15-27-18(2)32-30(41-27)29-33-26(17-40-29)31(35)36)38-20(4)37-16-21-10-12-25(13-11-21)39-28-19(3)34(5)23-9-7-8-22(28)14-23/h6-15,19,26,28H,2,4,16-17H2,1,3,5H3,(H,35,36)/b24-6+,27-15+/t19?,26-,28?/m1/s1. The molecule has 3 aromatic rings. The monoisotopic (exact) mass is 589 g/mol. The highest BCUT2D eigenvalue weighted by Crippen LogP contribution is 2.35. The molecule has 3 atom stereocenters. The number of likely N-dealkylation sites (N-methyl/N-ethyl adjacent to an activating group) is 1. The van der Waals surface area contributed by atoms with Crippen LogP contribution in [0.3, 0.4) is 0 Å². The van der Waals surface area contributed by atoms with Crippen LogP contribution in [0.5, 0.6) is 5.75 Å². The van der Waals surface area contributed by atoms with E-state index in [0.717, 1.165) is 15.8 Å². The molecule has 2 aromatic carbocycles. The predicted octanol–water partition coefficient (Wildman–Crippen LogP) is 4.85. The number of carboxylic acids is 1. The quantitative estimate of drug-likeness (QED) is 0.336. The number of carboxylic acid groups (broad SMARTS) is 1. The van der Waals surface area contributed by atoms with Gasteiger partial charge in [0.25, 0.3) is 5.95 Å². The topological polar surface area (TPSA) is 93.5 Å². The van der Waals surface area contributed by atoms with Crippen molar-refractivity contribution in [3.8, 4) is 5.75 Å². The Bertz CT molecular complexity index is 1630. The summed E-state index contributed by atoms with van der Waals surface area (Å²) < 4.78 is 18.7. The molecule has 0 saturated carbocycles. The number of hydrogen-bond acceptors (Lipinski definition) is 9. The third-order valence-electron chi connectivity index (χ3n) is 6.88. The van der Waals surface area contributed by atoms with Gasteiger partial charge in [-0.3, -0.25) is 4.99 Å². The van der Waals surface area contributed by atoms with Gasteiger partial charge in [-0.1, -0.05) is 30.8 Å². The minimum absolute atomic E-state index is 0.0560. The van der Waals surface area contributed by atoms with E-state index in [2.05, 4.69) is 66.3 Å². The Morgan fingerprint density at radius 3 is 2.73 bits per heavy atom. The Balaban J connectivity index is 1.17. The zero-order chi connectivity index (χ0) is 29.1. The van der Waals surface area contributed by atoms with Crippen LogP contribution in [0, 0.1) is 0 Å². The third kappa shape index (κ3) is 6.49. The molecule has 2 aliphatic heterocycles. The minimum Gasteiger partial charge on any atom is -0.484 e. The molecule has 10 heteroatoms. The van der Waals surface area contributed by atoms with E-state index < -0.39 is 12.0 Å². The lowest BCUT2D eigenvalue weighted by Gasteiger charge is -2.38. The molecule has 0 amide bonds. The summed E-state index contributed by atoms with van der Waals surface area (Å²) in [6.07, 6.45) is 3.54. The molecule has 1 aromatic heterocycles. The van der Waals surface area contributed by atoms with Crippen molar-refractivity contribution in [2.75, 3.05) is 17.7 Å². The maximum atomic E-state index is 11.2. The van der Waals surface area contributed by atoms with Gasteiger partial charge in [-0.05, 0) is 61.9 Å². The van der Waals surface area contributed by atoms with Crippen molar-refractivity contribution in [3.63, 3.8) is 0 Å². The van der Waals surface area contributed by atoms with E-state index in [1.54, 1.807) is 12.2 Å². The summed E-state index contributed by atoms with van der Waals surface area (Å²) in [5.74, 6) is 0.942. The number of carbonyl (C=O) groups is 1. The van der Waals surface area contributed by atoms with Gasteiger partial charge in [0.15, 0.2) is 6.04 Å². The number of allylic oxidation sites excluding steroid dienone is 2. The number of thioether (sulfide) groups is 1. The molecule has 0 spiro atoms. The predicted molar refractivity (Wildman–Crippen MR) is 165 cm³/mol. The Kier molecular flexibility index (Phi) is 8.51. The van der Waals surface area contributed by atoms with Gasteiger partial charge in [-0.2, -0.15) is 0 Å². The number of aliphatic carboxylic acids is 1. The summed E-state index contributed by atoms with van der Waals surface area (Å²) in [4.78, 5) is 22.2. The minimum atomic E-state index is -0.934. The molecule has 2 aliphatic rings. The smallest absolute Gasteiger partial charge is 0.329 e. The highest BCUT2D eigenvalue weighted by Gasteiger charge is 2.30. The maximum absolute atomic E-state index is 11.2. The number of benzene rings is 2. The van der Waals surface area contributed by atoms with Crippen LogP contribution in [0.4, 0.5) is 5.69 Å². The Morgan fingerprint density at radius 2 is 2.02 bits per heavy atom. The molecule has 0 aliphatic carbocycles. The van der Waals surface area contributed by atoms with Crippen LogP contribution in [0.25, 0.3) is 12.7 Å². The van der Waals surface area contributed by atoms with E-state index in [9.17, 15) is 9.90 Å². The normalized spacial score (nSPS) is 20.5. The largest absolute Gasteiger partial charge is 0.484 e. The number of ether oxygens (including phenoxy) is 3. The van der Waals surface area contributed by atoms with E-state index in [1.807, 2.05) is 31.2 Å². The first-order chi connectivity index (χ1) is 19.7. The van der Waals surface area contributed by atoms with Crippen molar-refractivity contribution < 1.29 is 24.1 Å². The van der Waals surface area contributed by atoms with Gasteiger partial charge in [0.2, 0.25) is 0 Å². The maximum Gasteiger partial charge on any atom is 0.329 e. The zero-order valence-electron chi connectivity index (χ0n) is 23.1. The molecule has 8 nitrogen and oxygen atoms in total. The average molecular weight is 590 g/mol. The van der Waals surface area contributed by atoms with Crippen LogP contribution >= 0.6 is 23.1 Å². The van der Waals surface area contributed by atoms with Gasteiger partial charge in [0.05, 0.1) is 15.9 Å². The number of aliphatic imine (C=N–C) groups is 1. The summed E-state index contributed by atoms with van der Waals surface area (Å²) in [7, 11) is 2.08. The molecule has 212 valence electrons. The van der Waals surface area contributed by atoms with Crippen LogP contribution in [0.1, 0.15) is 36.1 Å². The van der Waals surface area contributed by atoms with Crippen molar-refractivity contribution >= 4 is 52.5 Å². The van der Waals surface area contributed by atoms with E-state index in [0.29, 0.717) is 26.9 Å². The molecular weight excluding hydrogens is 558 g/mol. The SMILES string of the molecule is C=C(OCc1ccc(OC2c3cccc(c3)N(C)C2C)cc1)OC(=C/C)/C=c1/sc(C2=N[C@@H](C(=O)O)CS2)nc1=C. The second-order valence-corrected chi connectivity index (χ2v) is 11.7. The molecule has 2 unspecified atom stereocenters. The van der Waals surface area contributed by atoms with Crippen LogP contribution in [0.15, 0.2) is 77.9 Å². The molecule has 41 heavy (non-hydrogen) atoms. The van der Waals surface area contributed by atoms with E-state index in [4.69, 9.17) is 14.2 Å². The molecule has 0 fully saturated rings. The fourth-order valence-corrected chi connectivity index (χ4v) is 6.47. The average Bonchev–Trinajstić information content (AvgIpc) is 3.61. The van der Waals surface area contributed by atoms with E-state index in [1.165, 1.54) is 34.3 Å². The number of thiazole rings is 1. The molecule has 0 saturated heterocycles. The van der Waals surface area contributed by atoms with E-state index in [-0.39, 0.29) is 24.7 Å². The third-order valence-corrected chi connectivity index (χ3v) is 9.11. The lowest BCUT2D eigenvalue weighted by atomic mass is 9.96. The van der Waals surface area contributed by atoms with E-state index >= 15 is 0 Å². The lowest BCUT2D eigenvalue weighted by Crippen LogP contribution is -2.39. The molecule has 3 heterocycles. The van der Waals surface area contributed by atoms with Gasteiger partial charge >= 0.3 is 5.97 Å². The summed E-state index contributed by atoms with van der Waals surface area (Å²) in [5.41, 5.74) is 3.32. The van der Waals surface area contributed by atoms with Crippen LogP contribution < -0.4 is 19.5 Å². The first-order valence-electron chi connectivity index (χ1n) is 13.1.